The molecule has 0 heterocycles. The molecular weight excluding hydrogens is 273 g/mol. The van der Waals surface area contributed by atoms with Gasteiger partial charge in [0.05, 0.1) is 6.61 Å². The molecule has 1 N–H and O–H groups in total. The van der Waals surface area contributed by atoms with Gasteiger partial charge >= 0.3 is 5.97 Å². The normalized spacial score (nSPS) is 24.8. The van der Waals surface area contributed by atoms with Crippen LogP contribution in [0.5, 0.6) is 5.75 Å². The first-order valence-electron chi connectivity index (χ1n) is 7.44. The fraction of sp³-hybridized carbons (Fsp3) is 0.562. The molecule has 1 aromatic rings. The quantitative estimate of drug-likeness (QED) is 0.820. The van der Waals surface area contributed by atoms with Crippen LogP contribution < -0.4 is 10.1 Å². The molecule has 1 fully saturated rings. The molecule has 21 heavy (non-hydrogen) atoms. The van der Waals surface area contributed by atoms with E-state index in [1.165, 1.54) is 12.1 Å². The summed E-state index contributed by atoms with van der Waals surface area (Å²) in [6.45, 7) is 4.84. The molecule has 0 amide bonds. The lowest BCUT2D eigenvalue weighted by Crippen LogP contribution is -2.51. The van der Waals surface area contributed by atoms with Gasteiger partial charge in [-0.1, -0.05) is 6.92 Å². The van der Waals surface area contributed by atoms with Crippen LogP contribution in [-0.4, -0.2) is 30.8 Å². The fourth-order valence-corrected chi connectivity index (χ4v) is 2.83. The summed E-state index contributed by atoms with van der Waals surface area (Å²) in [5.41, 5.74) is -0.657. The zero-order valence-corrected chi connectivity index (χ0v) is 12.5. The van der Waals surface area contributed by atoms with E-state index in [1.54, 1.807) is 19.1 Å². The molecule has 5 heteroatoms. The van der Waals surface area contributed by atoms with E-state index in [4.69, 9.17) is 9.47 Å². The van der Waals surface area contributed by atoms with Crippen molar-refractivity contribution in [1.29, 1.82) is 0 Å². The molecule has 0 aliphatic heterocycles. The van der Waals surface area contributed by atoms with Gasteiger partial charge < -0.3 is 14.8 Å². The molecule has 0 radical (unpaired) electrons. The molecule has 2 atom stereocenters. The van der Waals surface area contributed by atoms with E-state index >= 15 is 0 Å². The van der Waals surface area contributed by atoms with E-state index in [2.05, 4.69) is 5.32 Å². The minimum Gasteiger partial charge on any atom is -0.490 e. The summed E-state index contributed by atoms with van der Waals surface area (Å²) in [4.78, 5) is 12.2. The van der Waals surface area contributed by atoms with E-state index in [0.29, 0.717) is 31.7 Å². The Morgan fingerprint density at radius 3 is 2.71 bits per heavy atom. The Bertz CT molecular complexity index is 477. The van der Waals surface area contributed by atoms with E-state index in [9.17, 15) is 9.18 Å². The molecule has 1 aliphatic carbocycles. The smallest absolute Gasteiger partial charge is 0.326 e. The van der Waals surface area contributed by atoms with Crippen molar-refractivity contribution in [2.24, 2.45) is 0 Å². The van der Waals surface area contributed by atoms with Crippen LogP contribution in [0.3, 0.4) is 0 Å². The average molecular weight is 295 g/mol. The van der Waals surface area contributed by atoms with Crippen LogP contribution >= 0.6 is 0 Å². The Hall–Kier alpha value is -1.62. The fourth-order valence-electron chi connectivity index (χ4n) is 2.83. The second-order valence-electron chi connectivity index (χ2n) is 5.27. The molecule has 1 aromatic carbocycles. The first kappa shape index (κ1) is 15.8. The molecule has 4 nitrogen and oxygen atoms in total. The zero-order valence-electron chi connectivity index (χ0n) is 12.5. The summed E-state index contributed by atoms with van der Waals surface area (Å²) in [5.74, 6) is 0.122. The lowest BCUT2D eigenvalue weighted by atomic mass is 9.97. The van der Waals surface area contributed by atoms with Crippen molar-refractivity contribution in [3.63, 3.8) is 0 Å². The monoisotopic (exact) mass is 295 g/mol. The van der Waals surface area contributed by atoms with Crippen molar-refractivity contribution in [2.75, 3.05) is 13.2 Å². The largest absolute Gasteiger partial charge is 0.490 e. The number of likely N-dealkylation sites (N-methyl/N-ethyl adjacent to an activating group) is 1. The van der Waals surface area contributed by atoms with Crippen molar-refractivity contribution >= 4 is 5.97 Å². The molecule has 116 valence electrons. The predicted molar refractivity (Wildman–Crippen MR) is 77.7 cm³/mol. The van der Waals surface area contributed by atoms with Crippen LogP contribution in [0, 0.1) is 5.82 Å². The Morgan fingerprint density at radius 2 is 2.10 bits per heavy atom. The maximum absolute atomic E-state index is 12.9. The second kappa shape index (κ2) is 6.89. The number of nitrogens with one attached hydrogen (secondary N) is 1. The van der Waals surface area contributed by atoms with Crippen LogP contribution in [-0.2, 0) is 9.53 Å². The Balaban J connectivity index is 2.02. The van der Waals surface area contributed by atoms with Crippen LogP contribution in [0.25, 0.3) is 0 Å². The summed E-state index contributed by atoms with van der Waals surface area (Å²) < 4.78 is 23.9. The zero-order chi connectivity index (χ0) is 15.3. The highest BCUT2D eigenvalue weighted by Gasteiger charge is 2.46. The maximum Gasteiger partial charge on any atom is 0.326 e. The van der Waals surface area contributed by atoms with Gasteiger partial charge in [0.15, 0.2) is 0 Å². The number of carbonyl (C=O) groups excluding carboxylic acids is 1. The lowest BCUT2D eigenvalue weighted by Gasteiger charge is -2.27. The van der Waals surface area contributed by atoms with Gasteiger partial charge in [0.2, 0.25) is 0 Å². The molecule has 0 saturated heterocycles. The van der Waals surface area contributed by atoms with E-state index in [-0.39, 0.29) is 17.9 Å². The first-order chi connectivity index (χ1) is 10.1. The first-order valence-corrected chi connectivity index (χ1v) is 7.44. The summed E-state index contributed by atoms with van der Waals surface area (Å²) in [5, 5.41) is 3.25. The van der Waals surface area contributed by atoms with Gasteiger partial charge in [-0.05, 0) is 50.6 Å². The Labute approximate surface area is 124 Å². The SMILES string of the molecule is CCNC1(C(=O)OCC)CCC(Oc2ccc(F)cc2)C1. The Morgan fingerprint density at radius 1 is 1.38 bits per heavy atom. The number of hydrogen-bond donors (Lipinski definition) is 1. The number of carbonyl (C=O) groups is 1. The van der Waals surface area contributed by atoms with Crippen molar-refractivity contribution in [3.8, 4) is 5.75 Å². The van der Waals surface area contributed by atoms with E-state index < -0.39 is 5.54 Å². The molecule has 0 spiro atoms. The molecule has 2 rings (SSSR count). The van der Waals surface area contributed by atoms with Crippen LogP contribution in [0.2, 0.25) is 0 Å². The number of esters is 1. The minimum atomic E-state index is -0.657. The third kappa shape index (κ3) is 3.73. The third-order valence-corrected chi connectivity index (χ3v) is 3.77. The van der Waals surface area contributed by atoms with Gasteiger partial charge in [-0.2, -0.15) is 0 Å². The lowest BCUT2D eigenvalue weighted by molar-refractivity contribution is -0.151. The van der Waals surface area contributed by atoms with Gasteiger partial charge in [0, 0.05) is 6.42 Å². The van der Waals surface area contributed by atoms with Crippen molar-refractivity contribution in [3.05, 3.63) is 30.1 Å². The number of rotatable bonds is 6. The number of benzene rings is 1. The van der Waals surface area contributed by atoms with Gasteiger partial charge in [-0.25, -0.2) is 4.39 Å². The average Bonchev–Trinajstić information content (AvgIpc) is 2.86. The van der Waals surface area contributed by atoms with Crippen molar-refractivity contribution in [2.45, 2.75) is 44.8 Å². The molecule has 0 aromatic heterocycles. The molecule has 0 bridgehead atoms. The summed E-state index contributed by atoms with van der Waals surface area (Å²) in [6.07, 6.45) is 1.95. The topological polar surface area (TPSA) is 47.6 Å². The molecule has 1 aliphatic rings. The molecule has 2 unspecified atom stereocenters. The highest BCUT2D eigenvalue weighted by molar-refractivity contribution is 5.81. The Kier molecular flexibility index (Phi) is 5.17. The van der Waals surface area contributed by atoms with Gasteiger partial charge in [0.1, 0.15) is 23.2 Å². The second-order valence-corrected chi connectivity index (χ2v) is 5.27. The van der Waals surface area contributed by atoms with Gasteiger partial charge in [0.25, 0.3) is 0 Å². The molecule has 1 saturated carbocycles. The number of ether oxygens (including phenoxy) is 2. The van der Waals surface area contributed by atoms with Gasteiger partial charge in [-0.15, -0.1) is 0 Å². The van der Waals surface area contributed by atoms with Crippen LogP contribution in [0.4, 0.5) is 4.39 Å². The van der Waals surface area contributed by atoms with E-state index in [1.807, 2.05) is 6.92 Å². The molecular formula is C16H22FNO3. The minimum absolute atomic E-state index is 0.0704. The van der Waals surface area contributed by atoms with Gasteiger partial charge in [-0.3, -0.25) is 4.79 Å². The number of hydrogen-bond acceptors (Lipinski definition) is 4. The van der Waals surface area contributed by atoms with E-state index in [0.717, 1.165) is 6.42 Å². The predicted octanol–water partition coefficient (Wildman–Crippen LogP) is 2.67. The highest BCUT2D eigenvalue weighted by atomic mass is 19.1. The van der Waals surface area contributed by atoms with Crippen LogP contribution in [0.15, 0.2) is 24.3 Å². The third-order valence-electron chi connectivity index (χ3n) is 3.77. The highest BCUT2D eigenvalue weighted by Crippen LogP contribution is 2.34. The van der Waals surface area contributed by atoms with Crippen molar-refractivity contribution in [1.82, 2.24) is 5.32 Å². The van der Waals surface area contributed by atoms with Crippen LogP contribution in [0.1, 0.15) is 33.1 Å². The summed E-state index contributed by atoms with van der Waals surface area (Å²) in [6, 6.07) is 5.94. The van der Waals surface area contributed by atoms with Crippen molar-refractivity contribution < 1.29 is 18.7 Å². The number of halogens is 1. The maximum atomic E-state index is 12.9. The summed E-state index contributed by atoms with van der Waals surface area (Å²) in [7, 11) is 0. The summed E-state index contributed by atoms with van der Waals surface area (Å²) >= 11 is 0. The standard InChI is InChI=1S/C16H22FNO3/c1-3-18-16(15(19)20-4-2)10-9-14(11-16)21-13-7-5-12(17)6-8-13/h5-8,14,18H,3-4,9-11H2,1-2H3.